The van der Waals surface area contributed by atoms with Crippen LogP contribution in [0.4, 0.5) is 0 Å². The van der Waals surface area contributed by atoms with Crippen molar-refractivity contribution in [2.75, 3.05) is 0 Å². The molecule has 0 aromatic carbocycles. The number of aromatic nitrogens is 2. The molecule has 0 radical (unpaired) electrons. The summed E-state index contributed by atoms with van der Waals surface area (Å²) in [5.41, 5.74) is 6.68. The molecule has 2 N–H and O–H groups in total. The van der Waals surface area contributed by atoms with Crippen LogP contribution < -0.4 is 5.73 Å². The molecule has 1 fully saturated rings. The predicted molar refractivity (Wildman–Crippen MR) is 84.6 cm³/mol. The highest BCUT2D eigenvalue weighted by Crippen LogP contribution is 2.34. The van der Waals surface area contributed by atoms with E-state index in [0.29, 0.717) is 0 Å². The normalized spacial score (nSPS) is 27.8. The molecule has 1 aliphatic carbocycles. The number of hydrogen-bond donors (Lipinski definition) is 1. The van der Waals surface area contributed by atoms with Crippen LogP contribution in [-0.4, -0.2) is 15.1 Å². The molecule has 2 atom stereocenters. The van der Waals surface area contributed by atoms with E-state index in [1.807, 2.05) is 6.20 Å². The van der Waals surface area contributed by atoms with Crippen molar-refractivity contribution in [1.29, 1.82) is 0 Å². The van der Waals surface area contributed by atoms with Gasteiger partial charge in [0.25, 0.3) is 0 Å². The van der Waals surface area contributed by atoms with E-state index in [2.05, 4.69) is 36.5 Å². The number of nitrogens with two attached hydrogens (primary N) is 1. The van der Waals surface area contributed by atoms with Crippen molar-refractivity contribution >= 4 is 0 Å². The van der Waals surface area contributed by atoms with E-state index in [0.717, 1.165) is 44.1 Å². The first kappa shape index (κ1) is 15.6. The van der Waals surface area contributed by atoms with Crippen LogP contribution in [0, 0.1) is 11.8 Å². The molecule has 1 aliphatic rings. The standard InChI is InChI=1S/C17H31N3/c1-4-11-20-12-10-19-16(20)13-17(18)8-5-6-15(7-9-17)14(2)3/h10,12,14-15H,4-9,11,13,18H2,1-3H3. The van der Waals surface area contributed by atoms with Gasteiger partial charge in [0.2, 0.25) is 0 Å². The van der Waals surface area contributed by atoms with Gasteiger partial charge in [-0.15, -0.1) is 0 Å². The lowest BCUT2D eigenvalue weighted by atomic mass is 9.85. The van der Waals surface area contributed by atoms with Crippen LogP contribution in [0.3, 0.4) is 0 Å². The molecule has 0 bridgehead atoms. The van der Waals surface area contributed by atoms with Crippen molar-refractivity contribution in [3.05, 3.63) is 18.2 Å². The minimum atomic E-state index is -0.0412. The van der Waals surface area contributed by atoms with E-state index in [-0.39, 0.29) is 5.54 Å². The molecule has 0 aliphatic heterocycles. The van der Waals surface area contributed by atoms with Gasteiger partial charge in [-0.25, -0.2) is 4.98 Å². The maximum Gasteiger partial charge on any atom is 0.110 e. The Labute approximate surface area is 124 Å². The molecule has 3 nitrogen and oxygen atoms in total. The topological polar surface area (TPSA) is 43.8 Å². The van der Waals surface area contributed by atoms with E-state index >= 15 is 0 Å². The minimum Gasteiger partial charge on any atom is -0.335 e. The second-order valence-electron chi connectivity index (χ2n) is 7.01. The molecule has 1 saturated carbocycles. The molecule has 1 heterocycles. The second kappa shape index (κ2) is 6.75. The van der Waals surface area contributed by atoms with Crippen LogP contribution >= 0.6 is 0 Å². The highest BCUT2D eigenvalue weighted by atomic mass is 15.1. The van der Waals surface area contributed by atoms with Gasteiger partial charge in [-0.3, -0.25) is 0 Å². The summed E-state index contributed by atoms with van der Waals surface area (Å²) in [6.07, 6.45) is 12.3. The summed E-state index contributed by atoms with van der Waals surface area (Å²) in [6, 6.07) is 0. The summed E-state index contributed by atoms with van der Waals surface area (Å²) in [4.78, 5) is 4.54. The van der Waals surface area contributed by atoms with Crippen LogP contribution in [0.1, 0.15) is 65.1 Å². The molecular formula is C17H31N3. The lowest BCUT2D eigenvalue weighted by Crippen LogP contribution is -2.42. The summed E-state index contributed by atoms with van der Waals surface area (Å²) >= 11 is 0. The molecule has 2 rings (SSSR count). The lowest BCUT2D eigenvalue weighted by molar-refractivity contribution is 0.318. The van der Waals surface area contributed by atoms with E-state index in [9.17, 15) is 0 Å². The van der Waals surface area contributed by atoms with Crippen LogP contribution in [0.25, 0.3) is 0 Å². The minimum absolute atomic E-state index is 0.0412. The largest absolute Gasteiger partial charge is 0.335 e. The Hall–Kier alpha value is -0.830. The van der Waals surface area contributed by atoms with Gasteiger partial charge < -0.3 is 10.3 Å². The molecule has 0 amide bonds. The van der Waals surface area contributed by atoms with Gasteiger partial charge in [0.15, 0.2) is 0 Å². The smallest absolute Gasteiger partial charge is 0.110 e. The third kappa shape index (κ3) is 3.85. The van der Waals surface area contributed by atoms with E-state index in [1.54, 1.807) is 0 Å². The fourth-order valence-electron chi connectivity index (χ4n) is 3.57. The lowest BCUT2D eigenvalue weighted by Gasteiger charge is -2.28. The Balaban J connectivity index is 2.01. The number of hydrogen-bond acceptors (Lipinski definition) is 2. The van der Waals surface area contributed by atoms with Gasteiger partial charge in [0.1, 0.15) is 5.82 Å². The first-order valence-corrected chi connectivity index (χ1v) is 8.33. The van der Waals surface area contributed by atoms with Gasteiger partial charge in [-0.1, -0.05) is 33.6 Å². The Morgan fingerprint density at radius 3 is 2.90 bits per heavy atom. The van der Waals surface area contributed by atoms with Gasteiger partial charge in [0, 0.05) is 30.9 Å². The molecule has 1 aromatic heterocycles. The van der Waals surface area contributed by atoms with Gasteiger partial charge in [0.05, 0.1) is 0 Å². The number of aryl methyl sites for hydroxylation is 1. The van der Waals surface area contributed by atoms with Crippen molar-refractivity contribution in [2.24, 2.45) is 17.6 Å². The van der Waals surface area contributed by atoms with Crippen LogP contribution in [0.15, 0.2) is 12.4 Å². The zero-order valence-corrected chi connectivity index (χ0v) is 13.4. The third-order valence-corrected chi connectivity index (χ3v) is 4.98. The van der Waals surface area contributed by atoms with Crippen LogP contribution in [0.5, 0.6) is 0 Å². The molecule has 3 heteroatoms. The van der Waals surface area contributed by atoms with Crippen molar-refractivity contribution in [2.45, 2.75) is 77.8 Å². The van der Waals surface area contributed by atoms with E-state index < -0.39 is 0 Å². The number of rotatable bonds is 5. The Bertz CT molecular complexity index is 410. The summed E-state index contributed by atoms with van der Waals surface area (Å²) in [7, 11) is 0. The van der Waals surface area contributed by atoms with Gasteiger partial charge in [-0.05, 0) is 37.5 Å². The van der Waals surface area contributed by atoms with Crippen molar-refractivity contribution < 1.29 is 0 Å². The van der Waals surface area contributed by atoms with Crippen molar-refractivity contribution in [3.8, 4) is 0 Å². The number of nitrogens with zero attached hydrogens (tertiary/aromatic N) is 2. The average Bonchev–Trinajstić information content (AvgIpc) is 2.70. The van der Waals surface area contributed by atoms with Gasteiger partial charge in [-0.2, -0.15) is 0 Å². The predicted octanol–water partition coefficient (Wildman–Crippen LogP) is 3.77. The SMILES string of the molecule is CCCn1ccnc1CC1(N)CCCC(C(C)C)CC1. The van der Waals surface area contributed by atoms with E-state index in [1.165, 1.54) is 25.1 Å². The zero-order valence-electron chi connectivity index (χ0n) is 13.4. The molecule has 114 valence electrons. The Morgan fingerprint density at radius 2 is 2.20 bits per heavy atom. The Kier molecular flexibility index (Phi) is 5.25. The van der Waals surface area contributed by atoms with Crippen molar-refractivity contribution in [1.82, 2.24) is 9.55 Å². The maximum absolute atomic E-state index is 6.72. The summed E-state index contributed by atoms with van der Waals surface area (Å²) in [5.74, 6) is 2.83. The summed E-state index contributed by atoms with van der Waals surface area (Å²) < 4.78 is 2.28. The summed E-state index contributed by atoms with van der Waals surface area (Å²) in [6.45, 7) is 7.96. The van der Waals surface area contributed by atoms with E-state index in [4.69, 9.17) is 5.73 Å². The monoisotopic (exact) mass is 277 g/mol. The first-order valence-electron chi connectivity index (χ1n) is 8.33. The van der Waals surface area contributed by atoms with Gasteiger partial charge >= 0.3 is 0 Å². The zero-order chi connectivity index (χ0) is 14.6. The van der Waals surface area contributed by atoms with Crippen molar-refractivity contribution in [3.63, 3.8) is 0 Å². The highest BCUT2D eigenvalue weighted by molar-refractivity contribution is 5.02. The second-order valence-corrected chi connectivity index (χ2v) is 7.01. The maximum atomic E-state index is 6.72. The van der Waals surface area contributed by atoms with Crippen LogP contribution in [0.2, 0.25) is 0 Å². The fraction of sp³-hybridized carbons (Fsp3) is 0.824. The molecular weight excluding hydrogens is 246 g/mol. The fourth-order valence-corrected chi connectivity index (χ4v) is 3.57. The van der Waals surface area contributed by atoms with Crippen LogP contribution in [-0.2, 0) is 13.0 Å². The average molecular weight is 277 g/mol. The molecule has 2 unspecified atom stereocenters. The molecule has 0 saturated heterocycles. The number of imidazole rings is 1. The molecule has 20 heavy (non-hydrogen) atoms. The first-order chi connectivity index (χ1) is 9.54. The highest BCUT2D eigenvalue weighted by Gasteiger charge is 2.31. The quantitative estimate of drug-likeness (QED) is 0.833. The molecule has 1 aromatic rings. The summed E-state index contributed by atoms with van der Waals surface area (Å²) in [5, 5.41) is 0. The Morgan fingerprint density at radius 1 is 1.40 bits per heavy atom. The third-order valence-electron chi connectivity index (χ3n) is 4.98. The molecule has 0 spiro atoms.